The first-order chi connectivity index (χ1) is 13.2. The Balaban J connectivity index is 1.72. The number of carbonyl (C=O) groups is 1. The van der Waals surface area contributed by atoms with Crippen molar-refractivity contribution < 1.29 is 9.53 Å². The molecule has 1 fully saturated rings. The summed E-state index contributed by atoms with van der Waals surface area (Å²) in [4.78, 5) is 17.8. The topological polar surface area (TPSA) is 44.8 Å². The van der Waals surface area contributed by atoms with Gasteiger partial charge in [-0.25, -0.2) is 0 Å². The first kappa shape index (κ1) is 19.5. The van der Waals surface area contributed by atoms with Crippen LogP contribution in [0.5, 0.6) is 0 Å². The van der Waals surface area contributed by atoms with Gasteiger partial charge in [0.05, 0.1) is 6.61 Å². The molecule has 0 aromatic heterocycles. The molecule has 1 amide bonds. The third-order valence-electron chi connectivity index (χ3n) is 5.07. The number of piperazine rings is 1. The van der Waals surface area contributed by atoms with Crippen LogP contribution in [0, 0.1) is 6.92 Å². The quantitative estimate of drug-likeness (QED) is 0.817. The number of aryl methyl sites for hydroxylation is 1. The zero-order valence-corrected chi connectivity index (χ0v) is 16.2. The number of rotatable bonds is 7. The van der Waals surface area contributed by atoms with E-state index in [2.05, 4.69) is 15.1 Å². The molecule has 144 valence electrons. The van der Waals surface area contributed by atoms with E-state index in [1.807, 2.05) is 61.5 Å². The van der Waals surface area contributed by atoms with E-state index >= 15 is 0 Å². The van der Waals surface area contributed by atoms with Crippen LogP contribution in [0.25, 0.3) is 0 Å². The number of hydrogen-bond acceptors (Lipinski definition) is 4. The Morgan fingerprint density at radius 1 is 1.04 bits per heavy atom. The molecule has 1 aliphatic heterocycles. The second kappa shape index (κ2) is 9.65. The number of hydrogen-bond donors (Lipinski definition) is 1. The van der Waals surface area contributed by atoms with E-state index in [1.165, 1.54) is 5.56 Å². The van der Waals surface area contributed by atoms with Crippen molar-refractivity contribution in [2.24, 2.45) is 0 Å². The van der Waals surface area contributed by atoms with E-state index in [1.54, 1.807) is 7.11 Å². The lowest BCUT2D eigenvalue weighted by Crippen LogP contribution is -2.50. The molecule has 0 radical (unpaired) electrons. The fraction of sp³-hybridized carbons (Fsp3) is 0.409. The average Bonchev–Trinajstić information content (AvgIpc) is 2.70. The van der Waals surface area contributed by atoms with Crippen molar-refractivity contribution in [1.29, 1.82) is 0 Å². The van der Waals surface area contributed by atoms with Crippen LogP contribution in [-0.4, -0.2) is 62.1 Å². The van der Waals surface area contributed by atoms with Gasteiger partial charge in [-0.05, 0) is 24.6 Å². The molecule has 1 aliphatic rings. The first-order valence-electron chi connectivity index (χ1n) is 9.55. The molecule has 1 atom stereocenters. The molecule has 1 unspecified atom stereocenters. The number of anilines is 1. The molecule has 1 N–H and O–H groups in total. The minimum Gasteiger partial charge on any atom is -0.383 e. The molecule has 2 aromatic rings. The van der Waals surface area contributed by atoms with Gasteiger partial charge in [-0.2, -0.15) is 0 Å². The fourth-order valence-corrected chi connectivity index (χ4v) is 3.48. The maximum atomic E-state index is 13.2. The first-order valence-corrected chi connectivity index (χ1v) is 9.55. The summed E-state index contributed by atoms with van der Waals surface area (Å²) in [5.74, 6) is 0.0235. The zero-order valence-electron chi connectivity index (χ0n) is 16.2. The SMILES string of the molecule is COCCN1CCN(C(C(=O)Nc2ccc(C)cc2)c2ccccc2)CC1. The highest BCUT2D eigenvalue weighted by Gasteiger charge is 2.30. The van der Waals surface area contributed by atoms with Crippen LogP contribution in [0.3, 0.4) is 0 Å². The summed E-state index contributed by atoms with van der Waals surface area (Å²) in [6.07, 6.45) is 0. The van der Waals surface area contributed by atoms with Crippen LogP contribution in [0.2, 0.25) is 0 Å². The van der Waals surface area contributed by atoms with E-state index in [0.717, 1.165) is 50.6 Å². The highest BCUT2D eigenvalue weighted by atomic mass is 16.5. The lowest BCUT2D eigenvalue weighted by molar-refractivity contribution is -0.122. The normalized spacial score (nSPS) is 16.8. The molecule has 0 aliphatic carbocycles. The molecule has 5 nitrogen and oxygen atoms in total. The monoisotopic (exact) mass is 367 g/mol. The van der Waals surface area contributed by atoms with Crippen molar-refractivity contribution in [1.82, 2.24) is 9.80 Å². The lowest BCUT2D eigenvalue weighted by atomic mass is 10.0. The molecule has 1 heterocycles. The Labute approximate surface area is 161 Å². The molecule has 0 bridgehead atoms. The molecule has 5 heteroatoms. The summed E-state index contributed by atoms with van der Waals surface area (Å²) in [6, 6.07) is 17.7. The number of methoxy groups -OCH3 is 1. The Morgan fingerprint density at radius 2 is 1.70 bits per heavy atom. The molecule has 2 aromatic carbocycles. The van der Waals surface area contributed by atoms with Crippen molar-refractivity contribution in [3.05, 3.63) is 65.7 Å². The van der Waals surface area contributed by atoms with E-state index in [4.69, 9.17) is 4.74 Å². The van der Waals surface area contributed by atoms with Crippen molar-refractivity contribution in [2.45, 2.75) is 13.0 Å². The zero-order chi connectivity index (χ0) is 19.1. The van der Waals surface area contributed by atoms with Gasteiger partial charge < -0.3 is 10.1 Å². The summed E-state index contributed by atoms with van der Waals surface area (Å²) in [6.45, 7) is 7.36. The van der Waals surface area contributed by atoms with Crippen LogP contribution < -0.4 is 5.32 Å². The van der Waals surface area contributed by atoms with E-state index in [9.17, 15) is 4.79 Å². The second-order valence-corrected chi connectivity index (χ2v) is 7.04. The third-order valence-corrected chi connectivity index (χ3v) is 5.07. The maximum Gasteiger partial charge on any atom is 0.246 e. The van der Waals surface area contributed by atoms with Gasteiger partial charge in [0.2, 0.25) is 5.91 Å². The Morgan fingerprint density at radius 3 is 2.33 bits per heavy atom. The Kier molecular flexibility index (Phi) is 6.98. The largest absolute Gasteiger partial charge is 0.383 e. The molecule has 27 heavy (non-hydrogen) atoms. The van der Waals surface area contributed by atoms with Gasteiger partial charge in [0, 0.05) is 45.5 Å². The van der Waals surface area contributed by atoms with Gasteiger partial charge in [-0.15, -0.1) is 0 Å². The minimum atomic E-state index is -0.280. The number of nitrogens with one attached hydrogen (secondary N) is 1. The standard InChI is InChI=1S/C22H29N3O2/c1-18-8-10-20(11-9-18)23-22(26)21(19-6-4-3-5-7-19)25-14-12-24(13-15-25)16-17-27-2/h3-11,21H,12-17H2,1-2H3,(H,23,26). The van der Waals surface area contributed by atoms with Gasteiger partial charge in [-0.1, -0.05) is 48.0 Å². The van der Waals surface area contributed by atoms with Crippen molar-refractivity contribution in [3.8, 4) is 0 Å². The predicted octanol–water partition coefficient (Wildman–Crippen LogP) is 2.94. The van der Waals surface area contributed by atoms with Crippen LogP contribution in [0.15, 0.2) is 54.6 Å². The maximum absolute atomic E-state index is 13.2. The highest BCUT2D eigenvalue weighted by Crippen LogP contribution is 2.24. The number of ether oxygens (including phenoxy) is 1. The Bertz CT molecular complexity index is 710. The number of amides is 1. The van der Waals surface area contributed by atoms with E-state index in [0.29, 0.717) is 0 Å². The smallest absolute Gasteiger partial charge is 0.246 e. The van der Waals surface area contributed by atoms with Crippen LogP contribution >= 0.6 is 0 Å². The molecule has 0 saturated carbocycles. The van der Waals surface area contributed by atoms with Crippen molar-refractivity contribution in [3.63, 3.8) is 0 Å². The second-order valence-electron chi connectivity index (χ2n) is 7.04. The van der Waals surface area contributed by atoms with Gasteiger partial charge >= 0.3 is 0 Å². The van der Waals surface area contributed by atoms with E-state index < -0.39 is 0 Å². The predicted molar refractivity (Wildman–Crippen MR) is 109 cm³/mol. The summed E-state index contributed by atoms with van der Waals surface area (Å²) < 4.78 is 5.18. The summed E-state index contributed by atoms with van der Waals surface area (Å²) >= 11 is 0. The minimum absolute atomic E-state index is 0.0235. The molecular weight excluding hydrogens is 338 g/mol. The van der Waals surface area contributed by atoms with Gasteiger partial charge in [0.25, 0.3) is 0 Å². The summed E-state index contributed by atoms with van der Waals surface area (Å²) in [5.41, 5.74) is 3.05. The van der Waals surface area contributed by atoms with Crippen molar-refractivity contribution >= 4 is 11.6 Å². The molecule has 0 spiro atoms. The van der Waals surface area contributed by atoms with Crippen LogP contribution in [0.4, 0.5) is 5.69 Å². The lowest BCUT2D eigenvalue weighted by Gasteiger charge is -2.38. The molecule has 3 rings (SSSR count). The summed E-state index contributed by atoms with van der Waals surface area (Å²) in [7, 11) is 1.73. The van der Waals surface area contributed by atoms with Crippen LogP contribution in [0.1, 0.15) is 17.2 Å². The van der Waals surface area contributed by atoms with Crippen LogP contribution in [-0.2, 0) is 9.53 Å². The number of nitrogens with zero attached hydrogens (tertiary/aromatic N) is 2. The summed E-state index contributed by atoms with van der Waals surface area (Å²) in [5, 5.41) is 3.10. The van der Waals surface area contributed by atoms with E-state index in [-0.39, 0.29) is 11.9 Å². The molecular formula is C22H29N3O2. The fourth-order valence-electron chi connectivity index (χ4n) is 3.48. The van der Waals surface area contributed by atoms with Crippen molar-refractivity contribution in [2.75, 3.05) is 51.8 Å². The van der Waals surface area contributed by atoms with Gasteiger partial charge in [0.1, 0.15) is 6.04 Å². The van der Waals surface area contributed by atoms with Gasteiger partial charge in [-0.3, -0.25) is 14.6 Å². The molecule has 1 saturated heterocycles. The Hall–Kier alpha value is -2.21. The third kappa shape index (κ3) is 5.39. The average molecular weight is 367 g/mol. The van der Waals surface area contributed by atoms with Gasteiger partial charge in [0.15, 0.2) is 0 Å². The number of carbonyl (C=O) groups excluding carboxylic acids is 1. The highest BCUT2D eigenvalue weighted by molar-refractivity contribution is 5.95. The number of benzene rings is 2.